The summed E-state index contributed by atoms with van der Waals surface area (Å²) in [6.07, 6.45) is 1.65. The van der Waals surface area contributed by atoms with Crippen molar-refractivity contribution in [2.45, 2.75) is 6.61 Å². The number of hydrogen-bond acceptors (Lipinski definition) is 4. The third-order valence-corrected chi connectivity index (χ3v) is 3.73. The van der Waals surface area contributed by atoms with E-state index in [0.717, 1.165) is 15.6 Å². The van der Waals surface area contributed by atoms with Crippen LogP contribution in [0.15, 0.2) is 34.9 Å². The number of aromatic nitrogens is 4. The highest BCUT2D eigenvalue weighted by Crippen LogP contribution is 2.25. The molecular weight excluding hydrogens is 344 g/mol. The third-order valence-electron chi connectivity index (χ3n) is 2.79. The number of rotatable bonds is 3. The number of aryl methyl sites for hydroxylation is 1. The molecule has 7 heteroatoms. The number of nitrogens with zero attached hydrogens (tertiary/aromatic N) is 4. The van der Waals surface area contributed by atoms with Crippen molar-refractivity contribution in [3.63, 3.8) is 0 Å². The molecule has 102 valence electrons. The molecule has 0 saturated carbocycles. The Kier molecular flexibility index (Phi) is 3.58. The Bertz CT molecular complexity index is 774. The van der Waals surface area contributed by atoms with Gasteiger partial charge in [-0.1, -0.05) is 23.7 Å². The molecule has 0 aliphatic carbocycles. The molecule has 0 aliphatic rings. The van der Waals surface area contributed by atoms with Crippen molar-refractivity contribution in [2.24, 2.45) is 7.05 Å². The van der Waals surface area contributed by atoms with Gasteiger partial charge in [-0.25, -0.2) is 9.97 Å². The molecule has 5 nitrogen and oxygen atoms in total. The SMILES string of the molecule is Cn1ncc2c(Cl)nc(COc3ccccc3Br)nc21. The van der Waals surface area contributed by atoms with Crippen molar-refractivity contribution in [1.82, 2.24) is 19.7 Å². The molecule has 1 aromatic carbocycles. The van der Waals surface area contributed by atoms with Crippen LogP contribution in [0.2, 0.25) is 5.15 Å². The first-order valence-electron chi connectivity index (χ1n) is 5.86. The van der Waals surface area contributed by atoms with Gasteiger partial charge < -0.3 is 4.74 Å². The zero-order valence-electron chi connectivity index (χ0n) is 10.5. The minimum absolute atomic E-state index is 0.240. The smallest absolute Gasteiger partial charge is 0.170 e. The Labute approximate surface area is 128 Å². The lowest BCUT2D eigenvalue weighted by atomic mass is 10.3. The predicted octanol–water partition coefficient (Wildman–Crippen LogP) is 3.36. The van der Waals surface area contributed by atoms with Crippen molar-refractivity contribution in [2.75, 3.05) is 0 Å². The topological polar surface area (TPSA) is 52.8 Å². The summed E-state index contributed by atoms with van der Waals surface area (Å²) in [5.74, 6) is 1.25. The van der Waals surface area contributed by atoms with Crippen LogP contribution in [0.3, 0.4) is 0 Å². The molecule has 20 heavy (non-hydrogen) atoms. The molecule has 0 unspecified atom stereocenters. The van der Waals surface area contributed by atoms with Gasteiger partial charge in [0.2, 0.25) is 0 Å². The van der Waals surface area contributed by atoms with Crippen LogP contribution in [0.25, 0.3) is 11.0 Å². The molecule has 0 fully saturated rings. The summed E-state index contributed by atoms with van der Waals surface area (Å²) in [4.78, 5) is 8.63. The fourth-order valence-electron chi connectivity index (χ4n) is 1.80. The van der Waals surface area contributed by atoms with Gasteiger partial charge >= 0.3 is 0 Å². The molecule has 0 N–H and O–H groups in total. The number of halogens is 2. The number of hydrogen-bond donors (Lipinski definition) is 0. The van der Waals surface area contributed by atoms with Crippen LogP contribution in [0.1, 0.15) is 5.82 Å². The minimum atomic E-state index is 0.240. The van der Waals surface area contributed by atoms with Crippen molar-refractivity contribution >= 4 is 38.6 Å². The molecule has 3 rings (SSSR count). The van der Waals surface area contributed by atoms with Gasteiger partial charge in [-0.3, -0.25) is 4.68 Å². The van der Waals surface area contributed by atoms with Crippen LogP contribution in [0.5, 0.6) is 5.75 Å². The van der Waals surface area contributed by atoms with Crippen molar-refractivity contribution in [1.29, 1.82) is 0 Å². The molecule has 2 aromatic heterocycles. The van der Waals surface area contributed by atoms with Gasteiger partial charge in [0.1, 0.15) is 17.5 Å². The number of ether oxygens (including phenoxy) is 1. The first-order chi connectivity index (χ1) is 9.65. The van der Waals surface area contributed by atoms with E-state index < -0.39 is 0 Å². The molecule has 3 aromatic rings. The van der Waals surface area contributed by atoms with Crippen molar-refractivity contribution < 1.29 is 4.74 Å². The lowest BCUT2D eigenvalue weighted by molar-refractivity contribution is 0.294. The summed E-state index contributed by atoms with van der Waals surface area (Å²) < 4.78 is 8.22. The maximum Gasteiger partial charge on any atom is 0.170 e. The monoisotopic (exact) mass is 352 g/mol. The number of para-hydroxylation sites is 1. The summed E-state index contributed by atoms with van der Waals surface area (Å²) in [5.41, 5.74) is 0.690. The van der Waals surface area contributed by atoms with Gasteiger partial charge in [0.25, 0.3) is 0 Å². The van der Waals surface area contributed by atoms with Crippen LogP contribution < -0.4 is 4.74 Å². The predicted molar refractivity (Wildman–Crippen MR) is 79.8 cm³/mol. The standard InChI is InChI=1S/C13H10BrClN4O/c1-19-13-8(6-16-19)12(15)17-11(18-13)7-20-10-5-3-2-4-9(10)14/h2-6H,7H2,1H3. The van der Waals surface area contributed by atoms with Crippen molar-refractivity contribution in [3.05, 3.63) is 45.9 Å². The quantitative estimate of drug-likeness (QED) is 0.678. The van der Waals surface area contributed by atoms with Crippen LogP contribution in [-0.2, 0) is 13.7 Å². The van der Waals surface area contributed by atoms with Crippen LogP contribution in [0, 0.1) is 0 Å². The first kappa shape index (κ1) is 13.3. The Morgan fingerprint density at radius 3 is 2.90 bits per heavy atom. The number of fused-ring (bicyclic) bond motifs is 1. The maximum absolute atomic E-state index is 6.12. The van der Waals surface area contributed by atoms with Crippen LogP contribution >= 0.6 is 27.5 Å². The van der Waals surface area contributed by atoms with E-state index >= 15 is 0 Å². The molecule has 0 amide bonds. The average Bonchev–Trinajstić information content (AvgIpc) is 2.80. The molecule has 0 spiro atoms. The fourth-order valence-corrected chi connectivity index (χ4v) is 2.43. The Morgan fingerprint density at radius 1 is 1.30 bits per heavy atom. The second kappa shape index (κ2) is 5.38. The highest BCUT2D eigenvalue weighted by Gasteiger charge is 2.10. The molecule has 0 saturated heterocycles. The second-order valence-corrected chi connectivity index (χ2v) is 5.37. The van der Waals surface area contributed by atoms with Gasteiger partial charge in [-0.05, 0) is 28.1 Å². The van der Waals surface area contributed by atoms with E-state index in [1.165, 1.54) is 0 Å². The van der Waals surface area contributed by atoms with E-state index in [9.17, 15) is 0 Å². The zero-order chi connectivity index (χ0) is 14.1. The van der Waals surface area contributed by atoms with Gasteiger partial charge in [0.05, 0.1) is 16.1 Å². The summed E-state index contributed by atoms with van der Waals surface area (Å²) in [5, 5.41) is 5.23. The van der Waals surface area contributed by atoms with E-state index in [4.69, 9.17) is 16.3 Å². The van der Waals surface area contributed by atoms with E-state index in [2.05, 4.69) is 31.0 Å². The largest absolute Gasteiger partial charge is 0.484 e. The second-order valence-electron chi connectivity index (χ2n) is 4.16. The molecule has 0 atom stereocenters. The number of benzene rings is 1. The minimum Gasteiger partial charge on any atom is -0.484 e. The lowest BCUT2D eigenvalue weighted by Gasteiger charge is -2.07. The first-order valence-corrected chi connectivity index (χ1v) is 7.03. The molecular formula is C13H10BrClN4O. The Morgan fingerprint density at radius 2 is 2.10 bits per heavy atom. The van der Waals surface area contributed by atoms with E-state index in [0.29, 0.717) is 16.6 Å². The Hall–Kier alpha value is -1.66. The summed E-state index contributed by atoms with van der Waals surface area (Å²) >= 11 is 9.54. The summed E-state index contributed by atoms with van der Waals surface area (Å²) in [6.45, 7) is 0.240. The van der Waals surface area contributed by atoms with E-state index in [-0.39, 0.29) is 6.61 Å². The van der Waals surface area contributed by atoms with Gasteiger partial charge in [-0.2, -0.15) is 5.10 Å². The van der Waals surface area contributed by atoms with E-state index in [1.807, 2.05) is 31.3 Å². The van der Waals surface area contributed by atoms with Gasteiger partial charge in [0.15, 0.2) is 11.5 Å². The lowest BCUT2D eigenvalue weighted by Crippen LogP contribution is -2.04. The van der Waals surface area contributed by atoms with Crippen LogP contribution in [0.4, 0.5) is 0 Å². The molecule has 0 radical (unpaired) electrons. The highest BCUT2D eigenvalue weighted by molar-refractivity contribution is 9.10. The summed E-state index contributed by atoms with van der Waals surface area (Å²) in [6, 6.07) is 7.60. The molecule has 0 aliphatic heterocycles. The normalized spacial score (nSPS) is 10.9. The third kappa shape index (κ3) is 2.48. The zero-order valence-corrected chi connectivity index (χ0v) is 12.9. The highest BCUT2D eigenvalue weighted by atomic mass is 79.9. The average molecular weight is 354 g/mol. The summed E-state index contributed by atoms with van der Waals surface area (Å²) in [7, 11) is 1.81. The van der Waals surface area contributed by atoms with Crippen molar-refractivity contribution in [3.8, 4) is 5.75 Å². The molecule has 2 heterocycles. The molecule has 0 bridgehead atoms. The maximum atomic E-state index is 6.12. The fraction of sp³-hybridized carbons (Fsp3) is 0.154. The van der Waals surface area contributed by atoms with Gasteiger partial charge in [-0.15, -0.1) is 0 Å². The van der Waals surface area contributed by atoms with E-state index in [1.54, 1.807) is 10.9 Å². The van der Waals surface area contributed by atoms with Crippen LogP contribution in [-0.4, -0.2) is 19.7 Å². The Balaban J connectivity index is 1.88. The van der Waals surface area contributed by atoms with Gasteiger partial charge in [0, 0.05) is 7.05 Å².